The molecule has 2 heterocycles. The molecular formula is C15H30N2O. The molecule has 1 N–H and O–H groups in total. The second-order valence-electron chi connectivity index (χ2n) is 6.88. The highest BCUT2D eigenvalue weighted by molar-refractivity contribution is 4.88. The summed E-state index contributed by atoms with van der Waals surface area (Å²) in [6.07, 6.45) is 4.30. The molecule has 0 spiro atoms. The van der Waals surface area contributed by atoms with Crippen LogP contribution in [0.5, 0.6) is 0 Å². The van der Waals surface area contributed by atoms with Crippen LogP contribution in [0.2, 0.25) is 0 Å². The van der Waals surface area contributed by atoms with Crippen molar-refractivity contribution in [1.29, 1.82) is 0 Å². The van der Waals surface area contributed by atoms with Crippen LogP contribution in [0.3, 0.4) is 0 Å². The van der Waals surface area contributed by atoms with Gasteiger partial charge >= 0.3 is 0 Å². The lowest BCUT2D eigenvalue weighted by molar-refractivity contribution is 0.0505. The van der Waals surface area contributed by atoms with E-state index in [1.165, 1.54) is 38.9 Å². The minimum absolute atomic E-state index is 0.393. The molecule has 0 radical (unpaired) electrons. The molecule has 3 atom stereocenters. The summed E-state index contributed by atoms with van der Waals surface area (Å²) in [6.45, 7) is 11.6. The maximum Gasteiger partial charge on any atom is 0.0702 e. The van der Waals surface area contributed by atoms with E-state index in [4.69, 9.17) is 4.74 Å². The molecule has 0 bridgehead atoms. The second-order valence-corrected chi connectivity index (χ2v) is 6.88. The molecule has 3 nitrogen and oxygen atoms in total. The lowest BCUT2D eigenvalue weighted by Gasteiger charge is -2.41. The van der Waals surface area contributed by atoms with Crippen LogP contribution in [-0.4, -0.2) is 50.3 Å². The van der Waals surface area contributed by atoms with Gasteiger partial charge < -0.3 is 15.0 Å². The van der Waals surface area contributed by atoms with Crippen LogP contribution in [0.4, 0.5) is 0 Å². The van der Waals surface area contributed by atoms with Crippen molar-refractivity contribution in [2.24, 2.45) is 11.3 Å². The standard InChI is InChI=1S/C15H30N2O/c1-12-14(7-9-18-12)17(4)11-15(2,3)13-6-5-8-16-10-13/h12-14,16H,5-11H2,1-4H3. The normalized spacial score (nSPS) is 34.2. The highest BCUT2D eigenvalue weighted by atomic mass is 16.5. The lowest BCUT2D eigenvalue weighted by Crippen LogP contribution is -2.47. The largest absolute Gasteiger partial charge is 0.377 e. The summed E-state index contributed by atoms with van der Waals surface area (Å²) in [7, 11) is 2.27. The zero-order valence-electron chi connectivity index (χ0n) is 12.5. The number of piperidine rings is 1. The number of nitrogens with zero attached hydrogens (tertiary/aromatic N) is 1. The third kappa shape index (κ3) is 3.25. The van der Waals surface area contributed by atoms with Gasteiger partial charge in [0.2, 0.25) is 0 Å². The molecule has 18 heavy (non-hydrogen) atoms. The first-order valence-electron chi connectivity index (χ1n) is 7.53. The SMILES string of the molecule is CC1OCCC1N(C)CC(C)(C)C1CCCNC1. The fourth-order valence-electron chi connectivity index (χ4n) is 3.71. The molecule has 2 rings (SSSR count). The molecule has 2 fully saturated rings. The van der Waals surface area contributed by atoms with Crippen LogP contribution >= 0.6 is 0 Å². The van der Waals surface area contributed by atoms with Crippen LogP contribution in [0.1, 0.15) is 40.0 Å². The van der Waals surface area contributed by atoms with E-state index < -0.39 is 0 Å². The molecule has 2 aliphatic heterocycles. The van der Waals surface area contributed by atoms with E-state index in [1.807, 2.05) is 0 Å². The van der Waals surface area contributed by atoms with Crippen molar-refractivity contribution in [3.05, 3.63) is 0 Å². The molecular weight excluding hydrogens is 224 g/mol. The van der Waals surface area contributed by atoms with E-state index in [9.17, 15) is 0 Å². The Balaban J connectivity index is 1.89. The summed E-state index contributed by atoms with van der Waals surface area (Å²) in [6, 6.07) is 0.612. The third-order valence-electron chi connectivity index (χ3n) is 4.96. The zero-order chi connectivity index (χ0) is 13.2. The van der Waals surface area contributed by atoms with Gasteiger partial charge in [-0.05, 0) is 57.7 Å². The quantitative estimate of drug-likeness (QED) is 0.832. The summed E-state index contributed by atoms with van der Waals surface area (Å²) >= 11 is 0. The number of ether oxygens (including phenoxy) is 1. The van der Waals surface area contributed by atoms with E-state index >= 15 is 0 Å². The van der Waals surface area contributed by atoms with Gasteiger partial charge in [0.15, 0.2) is 0 Å². The minimum atomic E-state index is 0.393. The Labute approximate surface area is 112 Å². The maximum atomic E-state index is 5.69. The van der Waals surface area contributed by atoms with Crippen LogP contribution < -0.4 is 5.32 Å². The smallest absolute Gasteiger partial charge is 0.0702 e. The average molecular weight is 254 g/mol. The van der Waals surface area contributed by atoms with E-state index in [1.54, 1.807) is 0 Å². The van der Waals surface area contributed by atoms with Gasteiger partial charge in [0, 0.05) is 19.2 Å². The first-order chi connectivity index (χ1) is 8.50. The van der Waals surface area contributed by atoms with Gasteiger partial charge in [-0.1, -0.05) is 13.8 Å². The van der Waals surface area contributed by atoms with Crippen molar-refractivity contribution < 1.29 is 4.74 Å². The predicted octanol–water partition coefficient (Wildman–Crippen LogP) is 2.12. The summed E-state index contributed by atoms with van der Waals surface area (Å²) in [4.78, 5) is 2.53. The lowest BCUT2D eigenvalue weighted by atomic mass is 9.74. The molecule has 0 aromatic heterocycles. The van der Waals surface area contributed by atoms with E-state index in [0.29, 0.717) is 17.6 Å². The molecule has 3 unspecified atom stereocenters. The summed E-state index contributed by atoms with van der Waals surface area (Å²) in [5.41, 5.74) is 0.393. The fourth-order valence-corrected chi connectivity index (χ4v) is 3.71. The number of hydrogen-bond donors (Lipinski definition) is 1. The molecule has 2 saturated heterocycles. The number of hydrogen-bond acceptors (Lipinski definition) is 3. The van der Waals surface area contributed by atoms with Crippen molar-refractivity contribution in [1.82, 2.24) is 10.2 Å². The molecule has 0 aromatic rings. The van der Waals surface area contributed by atoms with Crippen molar-refractivity contribution in [2.75, 3.05) is 33.3 Å². The van der Waals surface area contributed by atoms with Crippen molar-refractivity contribution in [3.8, 4) is 0 Å². The van der Waals surface area contributed by atoms with Crippen molar-refractivity contribution in [3.63, 3.8) is 0 Å². The highest BCUT2D eigenvalue weighted by Gasteiger charge is 2.35. The number of likely N-dealkylation sites (N-methyl/N-ethyl adjacent to an activating group) is 1. The minimum Gasteiger partial charge on any atom is -0.377 e. The Kier molecular flexibility index (Phi) is 4.68. The van der Waals surface area contributed by atoms with Gasteiger partial charge in [-0.3, -0.25) is 0 Å². The van der Waals surface area contributed by atoms with Crippen LogP contribution in [-0.2, 0) is 4.74 Å². The molecule has 106 valence electrons. The molecule has 0 amide bonds. The monoisotopic (exact) mass is 254 g/mol. The maximum absolute atomic E-state index is 5.69. The van der Waals surface area contributed by atoms with E-state index in [0.717, 1.165) is 12.5 Å². The Morgan fingerprint density at radius 2 is 2.11 bits per heavy atom. The predicted molar refractivity (Wildman–Crippen MR) is 75.8 cm³/mol. The highest BCUT2D eigenvalue weighted by Crippen LogP contribution is 2.33. The van der Waals surface area contributed by atoms with Gasteiger partial charge in [-0.2, -0.15) is 0 Å². The Hall–Kier alpha value is -0.120. The Morgan fingerprint density at radius 1 is 1.33 bits per heavy atom. The Morgan fingerprint density at radius 3 is 2.67 bits per heavy atom. The molecule has 2 aliphatic rings. The van der Waals surface area contributed by atoms with Gasteiger partial charge in [0.05, 0.1) is 6.10 Å². The first kappa shape index (κ1) is 14.3. The van der Waals surface area contributed by atoms with E-state index in [-0.39, 0.29) is 0 Å². The van der Waals surface area contributed by atoms with Crippen LogP contribution in [0.15, 0.2) is 0 Å². The number of rotatable bonds is 4. The van der Waals surface area contributed by atoms with E-state index in [2.05, 4.69) is 38.0 Å². The van der Waals surface area contributed by atoms with Gasteiger partial charge in [0.1, 0.15) is 0 Å². The van der Waals surface area contributed by atoms with Gasteiger partial charge in [0.25, 0.3) is 0 Å². The molecule has 3 heteroatoms. The average Bonchev–Trinajstić information content (AvgIpc) is 2.76. The summed E-state index contributed by atoms with van der Waals surface area (Å²) in [5.74, 6) is 0.811. The van der Waals surface area contributed by atoms with Gasteiger partial charge in [-0.15, -0.1) is 0 Å². The van der Waals surface area contributed by atoms with Gasteiger partial charge in [-0.25, -0.2) is 0 Å². The van der Waals surface area contributed by atoms with Crippen LogP contribution in [0.25, 0.3) is 0 Å². The fraction of sp³-hybridized carbons (Fsp3) is 1.00. The van der Waals surface area contributed by atoms with Crippen molar-refractivity contribution in [2.45, 2.75) is 52.2 Å². The zero-order valence-corrected chi connectivity index (χ0v) is 12.5. The Bertz CT molecular complexity index is 261. The summed E-state index contributed by atoms with van der Waals surface area (Å²) in [5, 5.41) is 3.55. The third-order valence-corrected chi connectivity index (χ3v) is 4.96. The topological polar surface area (TPSA) is 24.5 Å². The number of nitrogens with one attached hydrogen (secondary N) is 1. The molecule has 0 aliphatic carbocycles. The second kappa shape index (κ2) is 5.89. The molecule has 0 saturated carbocycles. The van der Waals surface area contributed by atoms with Crippen molar-refractivity contribution >= 4 is 0 Å². The summed E-state index contributed by atoms with van der Waals surface area (Å²) < 4.78 is 5.69. The van der Waals surface area contributed by atoms with Crippen LogP contribution in [0, 0.1) is 11.3 Å². The first-order valence-corrected chi connectivity index (χ1v) is 7.53. The molecule has 0 aromatic carbocycles.